The van der Waals surface area contributed by atoms with Crippen LogP contribution in [0.5, 0.6) is 5.75 Å². The monoisotopic (exact) mass is 421 g/mol. The van der Waals surface area contributed by atoms with Crippen molar-refractivity contribution in [2.24, 2.45) is 5.73 Å². The highest BCUT2D eigenvalue weighted by atomic mass is 35.5. The van der Waals surface area contributed by atoms with Crippen LogP contribution in [0.1, 0.15) is 30.1 Å². The molecule has 2 aromatic carbocycles. The first kappa shape index (κ1) is 20.3. The van der Waals surface area contributed by atoms with Crippen LogP contribution >= 0.6 is 23.2 Å². The molecular formula is C20H21Cl2N3O3. The molecule has 0 bridgehead atoms. The molecule has 28 heavy (non-hydrogen) atoms. The molecule has 148 valence electrons. The Morgan fingerprint density at radius 1 is 1.14 bits per heavy atom. The number of nitrogens with zero attached hydrogens (tertiary/aromatic N) is 1. The van der Waals surface area contributed by atoms with E-state index in [0.717, 1.165) is 31.6 Å². The van der Waals surface area contributed by atoms with Gasteiger partial charge < -0.3 is 20.7 Å². The molecule has 6 nitrogen and oxygen atoms in total. The van der Waals surface area contributed by atoms with Crippen molar-refractivity contribution in [3.8, 4) is 5.75 Å². The largest absolute Gasteiger partial charge is 0.479 e. The Bertz CT molecular complexity index is 898. The fourth-order valence-corrected chi connectivity index (χ4v) is 3.53. The van der Waals surface area contributed by atoms with Crippen LogP contribution in [0.3, 0.4) is 0 Å². The maximum Gasteiger partial charge on any atom is 0.265 e. The average molecular weight is 422 g/mol. The normalized spacial score (nSPS) is 14.6. The van der Waals surface area contributed by atoms with Gasteiger partial charge in [0.1, 0.15) is 5.75 Å². The maximum absolute atomic E-state index is 12.7. The molecule has 0 spiro atoms. The number of nitrogens with one attached hydrogen (secondary N) is 1. The van der Waals surface area contributed by atoms with Crippen LogP contribution in [0.15, 0.2) is 36.4 Å². The zero-order valence-corrected chi connectivity index (χ0v) is 16.9. The van der Waals surface area contributed by atoms with Crippen LogP contribution in [0.2, 0.25) is 10.0 Å². The van der Waals surface area contributed by atoms with Crippen molar-refractivity contribution in [1.29, 1.82) is 0 Å². The van der Waals surface area contributed by atoms with Crippen molar-refractivity contribution in [1.82, 2.24) is 0 Å². The summed E-state index contributed by atoms with van der Waals surface area (Å²) >= 11 is 12.0. The number of nitrogens with two attached hydrogens (primary N) is 1. The van der Waals surface area contributed by atoms with E-state index in [9.17, 15) is 9.59 Å². The lowest BCUT2D eigenvalue weighted by atomic mass is 10.1. The molecule has 1 heterocycles. The fraction of sp³-hybridized carbons (Fsp3) is 0.300. The van der Waals surface area contributed by atoms with E-state index in [2.05, 4.69) is 10.2 Å². The van der Waals surface area contributed by atoms with Crippen LogP contribution < -0.4 is 20.7 Å². The molecule has 8 heteroatoms. The van der Waals surface area contributed by atoms with Gasteiger partial charge in [0, 0.05) is 23.7 Å². The molecule has 1 aliphatic rings. The summed E-state index contributed by atoms with van der Waals surface area (Å²) in [6.07, 6.45) is 1.35. The van der Waals surface area contributed by atoms with E-state index in [-0.39, 0.29) is 5.91 Å². The standard InChI is InChI=1S/C20H21Cl2N3O3/c1-12(28-18-7-5-14(21)11-15(18)22)20(27)24-16-10-13(19(23)26)4-6-17(16)25-8-2-3-9-25/h4-7,10-12H,2-3,8-9H2,1H3,(H2,23,26)(H,24,27). The van der Waals surface area contributed by atoms with Gasteiger partial charge in [0.25, 0.3) is 5.91 Å². The molecule has 3 rings (SSSR count). The van der Waals surface area contributed by atoms with Gasteiger partial charge in [-0.1, -0.05) is 23.2 Å². The number of primary amides is 1. The average Bonchev–Trinajstić information content (AvgIpc) is 3.18. The lowest BCUT2D eigenvalue weighted by molar-refractivity contribution is -0.122. The number of carbonyl (C=O) groups excluding carboxylic acids is 2. The molecule has 1 fully saturated rings. The summed E-state index contributed by atoms with van der Waals surface area (Å²) in [5.41, 5.74) is 7.10. The zero-order valence-electron chi connectivity index (χ0n) is 15.4. The molecule has 0 aromatic heterocycles. The fourth-order valence-electron chi connectivity index (χ4n) is 3.07. The summed E-state index contributed by atoms with van der Waals surface area (Å²) in [5, 5.41) is 3.65. The van der Waals surface area contributed by atoms with E-state index in [1.807, 2.05) is 6.07 Å². The Kier molecular flexibility index (Phi) is 6.31. The molecule has 1 aliphatic heterocycles. The van der Waals surface area contributed by atoms with E-state index in [1.165, 1.54) is 0 Å². The number of hydrogen-bond donors (Lipinski definition) is 2. The lowest BCUT2D eigenvalue weighted by Gasteiger charge is -2.23. The van der Waals surface area contributed by atoms with Gasteiger partial charge in [-0.05, 0) is 56.2 Å². The minimum atomic E-state index is -0.817. The topological polar surface area (TPSA) is 84.7 Å². The van der Waals surface area contributed by atoms with Crippen molar-refractivity contribution in [2.75, 3.05) is 23.3 Å². The lowest BCUT2D eigenvalue weighted by Crippen LogP contribution is -2.31. The maximum atomic E-state index is 12.7. The third-order valence-corrected chi connectivity index (χ3v) is 5.08. The second kappa shape index (κ2) is 8.71. The van der Waals surface area contributed by atoms with Crippen LogP contribution in [0.25, 0.3) is 0 Å². The van der Waals surface area contributed by atoms with Crippen molar-refractivity contribution < 1.29 is 14.3 Å². The van der Waals surface area contributed by atoms with Crippen molar-refractivity contribution in [2.45, 2.75) is 25.9 Å². The third kappa shape index (κ3) is 4.69. The van der Waals surface area contributed by atoms with Crippen LogP contribution in [-0.4, -0.2) is 31.0 Å². The molecule has 1 unspecified atom stereocenters. The van der Waals surface area contributed by atoms with E-state index >= 15 is 0 Å². The quantitative estimate of drug-likeness (QED) is 0.734. The Morgan fingerprint density at radius 2 is 1.86 bits per heavy atom. The number of hydrogen-bond acceptors (Lipinski definition) is 4. The molecule has 2 amide bonds. The predicted molar refractivity (Wildman–Crippen MR) is 112 cm³/mol. The summed E-state index contributed by atoms with van der Waals surface area (Å²) in [6, 6.07) is 9.86. The molecule has 3 N–H and O–H groups in total. The van der Waals surface area contributed by atoms with Crippen LogP contribution in [0, 0.1) is 0 Å². The summed E-state index contributed by atoms with van der Waals surface area (Å²) in [4.78, 5) is 26.4. The second-order valence-electron chi connectivity index (χ2n) is 6.61. The summed E-state index contributed by atoms with van der Waals surface area (Å²) in [5.74, 6) is -0.562. The van der Waals surface area contributed by atoms with E-state index < -0.39 is 12.0 Å². The van der Waals surface area contributed by atoms with Gasteiger partial charge in [0.05, 0.1) is 16.4 Å². The zero-order chi connectivity index (χ0) is 20.3. The highest BCUT2D eigenvalue weighted by Crippen LogP contribution is 2.31. The molecule has 0 aliphatic carbocycles. The predicted octanol–water partition coefficient (Wildman–Crippen LogP) is 4.10. The van der Waals surface area contributed by atoms with E-state index in [0.29, 0.717) is 27.0 Å². The minimum Gasteiger partial charge on any atom is -0.479 e. The van der Waals surface area contributed by atoms with E-state index in [4.69, 9.17) is 33.7 Å². The van der Waals surface area contributed by atoms with Gasteiger partial charge in [-0.15, -0.1) is 0 Å². The summed E-state index contributed by atoms with van der Waals surface area (Å²) in [7, 11) is 0. The van der Waals surface area contributed by atoms with Gasteiger partial charge in [0.15, 0.2) is 6.10 Å². The number of benzene rings is 2. The second-order valence-corrected chi connectivity index (χ2v) is 7.46. The number of amides is 2. The molecule has 0 radical (unpaired) electrons. The number of halogens is 2. The number of ether oxygens (including phenoxy) is 1. The van der Waals surface area contributed by atoms with Crippen molar-refractivity contribution in [3.05, 3.63) is 52.0 Å². The van der Waals surface area contributed by atoms with Gasteiger partial charge >= 0.3 is 0 Å². The first-order chi connectivity index (χ1) is 13.3. The molecule has 0 saturated carbocycles. The first-order valence-electron chi connectivity index (χ1n) is 8.96. The molecule has 1 atom stereocenters. The van der Waals surface area contributed by atoms with Crippen molar-refractivity contribution >= 4 is 46.4 Å². The van der Waals surface area contributed by atoms with Gasteiger partial charge in [-0.2, -0.15) is 0 Å². The molecular weight excluding hydrogens is 401 g/mol. The molecule has 1 saturated heterocycles. The third-order valence-electron chi connectivity index (χ3n) is 4.55. The van der Waals surface area contributed by atoms with Crippen molar-refractivity contribution in [3.63, 3.8) is 0 Å². The summed E-state index contributed by atoms with van der Waals surface area (Å²) < 4.78 is 5.67. The highest BCUT2D eigenvalue weighted by Gasteiger charge is 2.21. The van der Waals surface area contributed by atoms with Gasteiger partial charge in [-0.3, -0.25) is 9.59 Å². The SMILES string of the molecule is CC(Oc1ccc(Cl)cc1Cl)C(=O)Nc1cc(C(N)=O)ccc1N1CCCC1. The highest BCUT2D eigenvalue weighted by molar-refractivity contribution is 6.35. The minimum absolute atomic E-state index is 0.320. The number of anilines is 2. The van der Waals surface area contributed by atoms with Gasteiger partial charge in [0.2, 0.25) is 5.91 Å². The van der Waals surface area contributed by atoms with Gasteiger partial charge in [-0.25, -0.2) is 0 Å². The van der Waals surface area contributed by atoms with Crippen LogP contribution in [-0.2, 0) is 4.79 Å². The van der Waals surface area contributed by atoms with E-state index in [1.54, 1.807) is 37.3 Å². The smallest absolute Gasteiger partial charge is 0.265 e. The summed E-state index contributed by atoms with van der Waals surface area (Å²) in [6.45, 7) is 3.41. The molecule has 2 aromatic rings. The number of rotatable bonds is 6. The number of carbonyl (C=O) groups is 2. The Labute approximate surface area is 173 Å². The van der Waals surface area contributed by atoms with Crippen LogP contribution in [0.4, 0.5) is 11.4 Å². The Balaban J connectivity index is 1.79. The Morgan fingerprint density at radius 3 is 2.50 bits per heavy atom. The Hall–Kier alpha value is -2.44. The first-order valence-corrected chi connectivity index (χ1v) is 9.72.